The number of aldehydes is 1. The summed E-state index contributed by atoms with van der Waals surface area (Å²) in [6, 6.07) is 1.94. The van der Waals surface area contributed by atoms with Crippen LogP contribution in [0.25, 0.3) is 0 Å². The Balaban J connectivity index is 2.54. The van der Waals surface area contributed by atoms with Crippen LogP contribution >= 0.6 is 11.3 Å². The maximum absolute atomic E-state index is 10.8. The molecule has 1 aliphatic heterocycles. The molecule has 0 fully saturated rings. The second-order valence-electron chi connectivity index (χ2n) is 4.50. The number of hydrogen-bond donors (Lipinski definition) is 1. The van der Waals surface area contributed by atoms with Crippen LogP contribution in [0, 0.1) is 0 Å². The van der Waals surface area contributed by atoms with Gasteiger partial charge in [-0.2, -0.15) is 0 Å². The van der Waals surface area contributed by atoms with Gasteiger partial charge in [0.2, 0.25) is 0 Å². The fourth-order valence-corrected chi connectivity index (χ4v) is 3.30. The van der Waals surface area contributed by atoms with Gasteiger partial charge in [-0.15, -0.1) is 11.3 Å². The van der Waals surface area contributed by atoms with Crippen molar-refractivity contribution in [2.75, 3.05) is 6.54 Å². The van der Waals surface area contributed by atoms with Crippen molar-refractivity contribution < 1.29 is 4.79 Å². The number of carbonyl (C=O) groups is 1. The molecule has 1 unspecified atom stereocenters. The van der Waals surface area contributed by atoms with Crippen molar-refractivity contribution >= 4 is 17.6 Å². The van der Waals surface area contributed by atoms with Gasteiger partial charge in [0.05, 0.1) is 10.4 Å². The Morgan fingerprint density at radius 1 is 1.44 bits per heavy atom. The molecule has 0 amide bonds. The SMILES string of the molecule is C=CC1=C(C=C)C(C)(c2csc(C=O)c2)NCC1. The van der Waals surface area contributed by atoms with Gasteiger partial charge in [0, 0.05) is 6.54 Å². The molecule has 18 heavy (non-hydrogen) atoms. The minimum absolute atomic E-state index is 0.277. The lowest BCUT2D eigenvalue weighted by atomic mass is 9.79. The summed E-state index contributed by atoms with van der Waals surface area (Å²) >= 11 is 1.47. The maximum atomic E-state index is 10.8. The fourth-order valence-electron chi connectivity index (χ4n) is 2.48. The fraction of sp³-hybridized carbons (Fsp3) is 0.267. The minimum Gasteiger partial charge on any atom is -0.304 e. The topological polar surface area (TPSA) is 29.1 Å². The first-order valence-corrected chi connectivity index (χ1v) is 6.81. The van der Waals surface area contributed by atoms with Gasteiger partial charge in [-0.3, -0.25) is 4.79 Å². The molecule has 0 bridgehead atoms. The molecule has 1 aromatic heterocycles. The van der Waals surface area contributed by atoms with E-state index in [2.05, 4.69) is 25.4 Å². The van der Waals surface area contributed by atoms with Crippen molar-refractivity contribution in [1.82, 2.24) is 5.32 Å². The van der Waals surface area contributed by atoms with E-state index in [-0.39, 0.29) is 5.54 Å². The van der Waals surface area contributed by atoms with E-state index < -0.39 is 0 Å². The Morgan fingerprint density at radius 3 is 2.78 bits per heavy atom. The van der Waals surface area contributed by atoms with Crippen molar-refractivity contribution in [2.45, 2.75) is 18.9 Å². The Bertz CT molecular complexity index is 526. The second-order valence-corrected chi connectivity index (χ2v) is 5.45. The highest BCUT2D eigenvalue weighted by Crippen LogP contribution is 2.37. The van der Waals surface area contributed by atoms with E-state index in [1.54, 1.807) is 0 Å². The van der Waals surface area contributed by atoms with E-state index in [9.17, 15) is 4.79 Å². The molecule has 94 valence electrons. The Labute approximate surface area is 112 Å². The predicted molar refractivity (Wildman–Crippen MR) is 77.1 cm³/mol. The standard InChI is InChI=1S/C15H17NOS/c1-4-11-6-7-16-15(3,14(11)5-2)12-8-13(9-17)18-10-12/h4-5,8-10,16H,1-2,6-7H2,3H3. The van der Waals surface area contributed by atoms with Crippen LogP contribution in [0.15, 0.2) is 47.9 Å². The molecular weight excluding hydrogens is 242 g/mol. The number of carbonyl (C=O) groups excluding carboxylic acids is 1. The highest BCUT2D eigenvalue weighted by molar-refractivity contribution is 7.11. The number of rotatable bonds is 4. The van der Waals surface area contributed by atoms with Gasteiger partial charge in [0.15, 0.2) is 6.29 Å². The van der Waals surface area contributed by atoms with Crippen molar-refractivity contribution in [3.8, 4) is 0 Å². The lowest BCUT2D eigenvalue weighted by molar-refractivity contribution is 0.112. The zero-order valence-corrected chi connectivity index (χ0v) is 11.3. The van der Waals surface area contributed by atoms with E-state index in [4.69, 9.17) is 0 Å². The summed E-state index contributed by atoms with van der Waals surface area (Å²) in [7, 11) is 0. The van der Waals surface area contributed by atoms with Crippen LogP contribution in [0.3, 0.4) is 0 Å². The molecule has 3 heteroatoms. The number of allylic oxidation sites excluding steroid dienone is 1. The first kappa shape index (κ1) is 13.0. The lowest BCUT2D eigenvalue weighted by Gasteiger charge is -2.37. The van der Waals surface area contributed by atoms with Crippen molar-refractivity contribution in [3.05, 3.63) is 58.3 Å². The van der Waals surface area contributed by atoms with Gasteiger partial charge in [-0.1, -0.05) is 25.3 Å². The molecule has 0 saturated heterocycles. The molecule has 1 aliphatic rings. The minimum atomic E-state index is -0.277. The highest BCUT2D eigenvalue weighted by atomic mass is 32.1. The predicted octanol–water partition coefficient (Wildman–Crippen LogP) is 3.44. The van der Waals surface area contributed by atoms with Crippen molar-refractivity contribution in [2.24, 2.45) is 0 Å². The number of nitrogens with one attached hydrogen (secondary N) is 1. The molecule has 1 N–H and O–H groups in total. The summed E-state index contributed by atoms with van der Waals surface area (Å²) in [6.45, 7) is 10.8. The van der Waals surface area contributed by atoms with Crippen LogP contribution in [0.1, 0.15) is 28.6 Å². The van der Waals surface area contributed by atoms with E-state index in [0.29, 0.717) is 0 Å². The zero-order chi connectivity index (χ0) is 13.2. The highest BCUT2D eigenvalue weighted by Gasteiger charge is 2.34. The number of hydrogen-bond acceptors (Lipinski definition) is 3. The second kappa shape index (κ2) is 5.04. The molecule has 1 aromatic rings. The van der Waals surface area contributed by atoms with Gasteiger partial charge in [0.25, 0.3) is 0 Å². The van der Waals surface area contributed by atoms with Crippen LogP contribution in [-0.2, 0) is 5.54 Å². The average Bonchev–Trinajstić information content (AvgIpc) is 2.87. The summed E-state index contributed by atoms with van der Waals surface area (Å²) in [5.74, 6) is 0. The zero-order valence-electron chi connectivity index (χ0n) is 10.5. The monoisotopic (exact) mass is 259 g/mol. The summed E-state index contributed by atoms with van der Waals surface area (Å²) in [5, 5.41) is 5.56. The third-order valence-electron chi connectivity index (χ3n) is 3.52. The van der Waals surface area contributed by atoms with Gasteiger partial charge in [-0.05, 0) is 41.5 Å². The molecule has 0 saturated carbocycles. The van der Waals surface area contributed by atoms with Crippen LogP contribution in [-0.4, -0.2) is 12.8 Å². The van der Waals surface area contributed by atoms with Crippen LogP contribution in [0.4, 0.5) is 0 Å². The largest absolute Gasteiger partial charge is 0.304 e. The third kappa shape index (κ3) is 2.00. The van der Waals surface area contributed by atoms with E-state index in [1.807, 2.05) is 23.6 Å². The lowest BCUT2D eigenvalue weighted by Crippen LogP contribution is -2.44. The maximum Gasteiger partial charge on any atom is 0.160 e. The Morgan fingerprint density at radius 2 is 2.22 bits per heavy atom. The molecule has 2 rings (SSSR count). The van der Waals surface area contributed by atoms with Crippen LogP contribution in [0.5, 0.6) is 0 Å². The molecule has 2 heterocycles. The van der Waals surface area contributed by atoms with Crippen LogP contribution < -0.4 is 5.32 Å². The molecular formula is C15H17NOS. The van der Waals surface area contributed by atoms with E-state index in [0.717, 1.165) is 35.3 Å². The molecule has 0 aliphatic carbocycles. The van der Waals surface area contributed by atoms with Gasteiger partial charge < -0.3 is 5.32 Å². The summed E-state index contributed by atoms with van der Waals surface area (Å²) in [6.07, 6.45) is 5.65. The average molecular weight is 259 g/mol. The third-order valence-corrected chi connectivity index (χ3v) is 4.38. The summed E-state index contributed by atoms with van der Waals surface area (Å²) in [4.78, 5) is 11.6. The summed E-state index contributed by atoms with van der Waals surface area (Å²) in [5.41, 5.74) is 3.22. The summed E-state index contributed by atoms with van der Waals surface area (Å²) < 4.78 is 0. The molecule has 1 atom stereocenters. The van der Waals surface area contributed by atoms with Crippen molar-refractivity contribution in [1.29, 1.82) is 0 Å². The van der Waals surface area contributed by atoms with Gasteiger partial charge >= 0.3 is 0 Å². The van der Waals surface area contributed by atoms with Gasteiger partial charge in [-0.25, -0.2) is 0 Å². The smallest absolute Gasteiger partial charge is 0.160 e. The van der Waals surface area contributed by atoms with Crippen LogP contribution in [0.2, 0.25) is 0 Å². The van der Waals surface area contributed by atoms with E-state index in [1.165, 1.54) is 16.9 Å². The molecule has 0 spiro atoms. The number of thiophene rings is 1. The first-order valence-electron chi connectivity index (χ1n) is 5.93. The Kier molecular flexibility index (Phi) is 3.64. The normalized spacial score (nSPS) is 23.8. The quantitative estimate of drug-likeness (QED) is 0.839. The van der Waals surface area contributed by atoms with Gasteiger partial charge in [0.1, 0.15) is 0 Å². The molecule has 0 aromatic carbocycles. The Hall–Kier alpha value is -1.45. The van der Waals surface area contributed by atoms with Crippen molar-refractivity contribution in [3.63, 3.8) is 0 Å². The molecule has 2 nitrogen and oxygen atoms in total. The van der Waals surface area contributed by atoms with E-state index >= 15 is 0 Å². The molecule has 0 radical (unpaired) electrons. The first-order chi connectivity index (χ1) is 8.65.